The van der Waals surface area contributed by atoms with Gasteiger partial charge in [-0.25, -0.2) is 9.78 Å². The molecule has 0 bridgehead atoms. The predicted molar refractivity (Wildman–Crippen MR) is 93.0 cm³/mol. The molecule has 0 spiro atoms. The maximum absolute atomic E-state index is 11.9. The molecule has 0 atom stereocenters. The van der Waals surface area contributed by atoms with E-state index in [1.807, 2.05) is 34.6 Å². The van der Waals surface area contributed by atoms with Crippen molar-refractivity contribution < 1.29 is 13.9 Å². The fraction of sp³-hybridized carbons (Fsp3) is 0.688. The summed E-state index contributed by atoms with van der Waals surface area (Å²) in [5, 5.41) is 6.25. The molecule has 1 rings (SSSR count). The maximum atomic E-state index is 11.9. The second-order valence-corrected chi connectivity index (χ2v) is 6.50. The molecule has 8 heteroatoms. The summed E-state index contributed by atoms with van der Waals surface area (Å²) in [4.78, 5) is 21.8. The van der Waals surface area contributed by atoms with Crippen molar-refractivity contribution in [1.82, 2.24) is 20.5 Å². The number of nitrogens with one attached hydrogen (secondary N) is 2. The van der Waals surface area contributed by atoms with Gasteiger partial charge in [-0.15, -0.1) is 0 Å². The third-order valence-electron chi connectivity index (χ3n) is 3.15. The monoisotopic (exact) mass is 339 g/mol. The van der Waals surface area contributed by atoms with Crippen LogP contribution in [0.3, 0.4) is 0 Å². The van der Waals surface area contributed by atoms with Crippen molar-refractivity contribution in [2.24, 2.45) is 4.99 Å². The van der Waals surface area contributed by atoms with Crippen molar-refractivity contribution in [1.29, 1.82) is 0 Å². The van der Waals surface area contributed by atoms with E-state index in [1.165, 1.54) is 4.90 Å². The van der Waals surface area contributed by atoms with Crippen molar-refractivity contribution in [3.8, 4) is 0 Å². The van der Waals surface area contributed by atoms with Crippen LogP contribution >= 0.6 is 0 Å². The van der Waals surface area contributed by atoms with Gasteiger partial charge in [0.2, 0.25) is 5.89 Å². The lowest BCUT2D eigenvalue weighted by molar-refractivity contribution is 0.0302. The number of ether oxygens (including phenoxy) is 1. The van der Waals surface area contributed by atoms with Gasteiger partial charge in [0.1, 0.15) is 11.4 Å². The van der Waals surface area contributed by atoms with E-state index in [1.54, 1.807) is 14.1 Å². The van der Waals surface area contributed by atoms with Crippen molar-refractivity contribution in [3.05, 3.63) is 17.3 Å². The number of rotatable bonds is 5. The van der Waals surface area contributed by atoms with Gasteiger partial charge in [-0.1, -0.05) is 0 Å². The Bertz CT molecular complexity index is 555. The first-order valence-electron chi connectivity index (χ1n) is 7.94. The van der Waals surface area contributed by atoms with E-state index in [-0.39, 0.29) is 6.09 Å². The Balaban J connectivity index is 2.35. The lowest BCUT2D eigenvalue weighted by Gasteiger charge is -2.24. The van der Waals surface area contributed by atoms with Crippen LogP contribution in [0.15, 0.2) is 9.41 Å². The van der Waals surface area contributed by atoms with Gasteiger partial charge in [-0.05, 0) is 34.6 Å². The van der Waals surface area contributed by atoms with Crippen molar-refractivity contribution in [2.75, 3.05) is 27.2 Å². The highest BCUT2D eigenvalue weighted by molar-refractivity contribution is 5.79. The molecule has 0 unspecified atom stereocenters. The number of hydrogen-bond donors (Lipinski definition) is 2. The lowest BCUT2D eigenvalue weighted by Crippen LogP contribution is -2.42. The standard InChI is InChI=1S/C16H29N5O3/c1-11-12(2)23-13(20-11)10-19-14(17-6)18-8-9-21(7)15(22)24-16(3,4)5/h8-10H2,1-7H3,(H2,17,18,19). The highest BCUT2D eigenvalue weighted by Crippen LogP contribution is 2.09. The molecule has 0 fully saturated rings. The van der Waals surface area contributed by atoms with Gasteiger partial charge < -0.3 is 24.7 Å². The second-order valence-electron chi connectivity index (χ2n) is 6.50. The van der Waals surface area contributed by atoms with Crippen LogP contribution in [0.1, 0.15) is 38.1 Å². The first kappa shape index (κ1) is 19.8. The molecule has 2 N–H and O–H groups in total. The molecule has 136 valence electrons. The molecule has 0 radical (unpaired) electrons. The second kappa shape index (κ2) is 8.56. The Hall–Kier alpha value is -2.25. The number of likely N-dealkylation sites (N-methyl/N-ethyl adjacent to an activating group) is 1. The quantitative estimate of drug-likeness (QED) is 0.628. The molecule has 1 heterocycles. The molecule has 0 aromatic carbocycles. The van der Waals surface area contributed by atoms with Gasteiger partial charge >= 0.3 is 6.09 Å². The van der Waals surface area contributed by atoms with Gasteiger partial charge in [-0.2, -0.15) is 0 Å². The number of hydrogen-bond acceptors (Lipinski definition) is 5. The zero-order valence-corrected chi connectivity index (χ0v) is 15.7. The lowest BCUT2D eigenvalue weighted by atomic mass is 10.2. The fourth-order valence-electron chi connectivity index (χ4n) is 1.77. The van der Waals surface area contributed by atoms with E-state index in [4.69, 9.17) is 9.15 Å². The van der Waals surface area contributed by atoms with Gasteiger partial charge in [0, 0.05) is 27.2 Å². The van der Waals surface area contributed by atoms with E-state index >= 15 is 0 Å². The molecule has 0 aliphatic heterocycles. The molecule has 8 nitrogen and oxygen atoms in total. The molecule has 1 aromatic heterocycles. The van der Waals surface area contributed by atoms with Gasteiger partial charge in [0.25, 0.3) is 0 Å². The fourth-order valence-corrected chi connectivity index (χ4v) is 1.77. The minimum absolute atomic E-state index is 0.349. The molecular weight excluding hydrogens is 310 g/mol. The molecular formula is C16H29N5O3. The van der Waals surface area contributed by atoms with E-state index in [9.17, 15) is 4.79 Å². The van der Waals surface area contributed by atoms with E-state index in [0.717, 1.165) is 11.5 Å². The predicted octanol–water partition coefficient (Wildman–Crippen LogP) is 1.82. The Morgan fingerprint density at radius 2 is 2.00 bits per heavy atom. The minimum Gasteiger partial charge on any atom is -0.444 e. The van der Waals surface area contributed by atoms with E-state index in [2.05, 4.69) is 20.6 Å². The van der Waals surface area contributed by atoms with Crippen LogP contribution in [0, 0.1) is 13.8 Å². The number of aliphatic imine (C=N–C) groups is 1. The van der Waals surface area contributed by atoms with Crippen molar-refractivity contribution in [3.63, 3.8) is 0 Å². The molecule has 24 heavy (non-hydrogen) atoms. The average Bonchev–Trinajstić information content (AvgIpc) is 2.79. The van der Waals surface area contributed by atoms with Gasteiger partial charge in [0.05, 0.1) is 12.2 Å². The summed E-state index contributed by atoms with van der Waals surface area (Å²) >= 11 is 0. The summed E-state index contributed by atoms with van der Waals surface area (Å²) in [5.41, 5.74) is 0.386. The molecule has 0 saturated carbocycles. The number of carbonyl (C=O) groups excluding carboxylic acids is 1. The number of oxazole rings is 1. The number of nitrogens with zero attached hydrogens (tertiary/aromatic N) is 3. The normalized spacial score (nSPS) is 12.0. The number of carbonyl (C=O) groups is 1. The third-order valence-corrected chi connectivity index (χ3v) is 3.15. The Morgan fingerprint density at radius 3 is 2.50 bits per heavy atom. The van der Waals surface area contributed by atoms with Crippen molar-refractivity contribution >= 4 is 12.1 Å². The largest absolute Gasteiger partial charge is 0.444 e. The summed E-state index contributed by atoms with van der Waals surface area (Å²) < 4.78 is 10.8. The van der Waals surface area contributed by atoms with Crippen LogP contribution in [-0.4, -0.2) is 54.7 Å². The van der Waals surface area contributed by atoms with Crippen LogP contribution in [0.4, 0.5) is 4.79 Å². The van der Waals surface area contributed by atoms with Crippen LogP contribution < -0.4 is 10.6 Å². The summed E-state index contributed by atoms with van der Waals surface area (Å²) in [5.74, 6) is 2.04. The Morgan fingerprint density at radius 1 is 1.33 bits per heavy atom. The summed E-state index contributed by atoms with van der Waals surface area (Å²) in [6, 6.07) is 0. The molecule has 0 saturated heterocycles. The number of amides is 1. The smallest absolute Gasteiger partial charge is 0.410 e. The topological polar surface area (TPSA) is 92.0 Å². The zero-order chi connectivity index (χ0) is 18.3. The van der Waals surface area contributed by atoms with Crippen LogP contribution in [-0.2, 0) is 11.3 Å². The van der Waals surface area contributed by atoms with Crippen LogP contribution in [0.5, 0.6) is 0 Å². The number of aryl methyl sites for hydroxylation is 2. The molecule has 1 amide bonds. The van der Waals surface area contributed by atoms with Crippen LogP contribution in [0.2, 0.25) is 0 Å². The van der Waals surface area contributed by atoms with E-state index in [0.29, 0.717) is 31.5 Å². The number of aromatic nitrogens is 1. The summed E-state index contributed by atoms with van der Waals surface area (Å²) in [6.07, 6.45) is -0.349. The van der Waals surface area contributed by atoms with Crippen molar-refractivity contribution in [2.45, 2.75) is 46.8 Å². The zero-order valence-electron chi connectivity index (χ0n) is 15.7. The third kappa shape index (κ3) is 6.89. The highest BCUT2D eigenvalue weighted by atomic mass is 16.6. The Labute approximate surface area is 143 Å². The summed E-state index contributed by atoms with van der Waals surface area (Å²) in [6.45, 7) is 10.8. The molecule has 0 aliphatic rings. The Kier molecular flexibility index (Phi) is 7.06. The van der Waals surface area contributed by atoms with Gasteiger partial charge in [0.15, 0.2) is 5.96 Å². The minimum atomic E-state index is -0.497. The SMILES string of the molecule is CN=C(NCCN(C)C(=O)OC(C)(C)C)NCc1nc(C)c(C)o1. The summed E-state index contributed by atoms with van der Waals surface area (Å²) in [7, 11) is 3.38. The molecule has 1 aromatic rings. The van der Waals surface area contributed by atoms with Crippen LogP contribution in [0.25, 0.3) is 0 Å². The molecule has 0 aliphatic carbocycles. The van der Waals surface area contributed by atoms with Gasteiger partial charge in [-0.3, -0.25) is 4.99 Å². The first-order valence-corrected chi connectivity index (χ1v) is 7.94. The van der Waals surface area contributed by atoms with E-state index < -0.39 is 5.60 Å². The average molecular weight is 339 g/mol. The highest BCUT2D eigenvalue weighted by Gasteiger charge is 2.19. The maximum Gasteiger partial charge on any atom is 0.410 e. The first-order chi connectivity index (χ1) is 11.1. The number of guanidine groups is 1.